The number of carbonyl (C=O) groups is 1. The highest BCUT2D eigenvalue weighted by atomic mass is 79.9. The molecule has 0 unspecified atom stereocenters. The number of rotatable bonds is 3. The Labute approximate surface area is 77.9 Å². The van der Waals surface area contributed by atoms with Gasteiger partial charge in [-0.3, -0.25) is 4.79 Å². The Morgan fingerprint density at radius 1 is 1.73 bits per heavy atom. The first-order valence-electron chi connectivity index (χ1n) is 3.13. The van der Waals surface area contributed by atoms with Gasteiger partial charge >= 0.3 is 0 Å². The molecule has 0 atom stereocenters. The number of ketones is 1. The van der Waals surface area contributed by atoms with Gasteiger partial charge in [-0.2, -0.15) is 0 Å². The Balaban J connectivity index is 2.55. The van der Waals surface area contributed by atoms with Crippen molar-refractivity contribution in [1.82, 2.24) is 0 Å². The molecule has 0 saturated heterocycles. The molecule has 0 spiro atoms. The zero-order valence-electron chi connectivity index (χ0n) is 5.79. The number of halogens is 1. The minimum Gasteiger partial charge on any atom is -0.294 e. The minimum atomic E-state index is 0.0957. The summed E-state index contributed by atoms with van der Waals surface area (Å²) in [6.07, 6.45) is 3.41. The van der Waals surface area contributed by atoms with Crippen molar-refractivity contribution in [2.24, 2.45) is 0 Å². The van der Waals surface area contributed by atoms with E-state index in [-0.39, 0.29) is 5.78 Å². The molecular formula is C8H7BrOS. The van der Waals surface area contributed by atoms with Crippen molar-refractivity contribution in [3.63, 3.8) is 0 Å². The first kappa shape index (κ1) is 8.68. The fourth-order valence-corrected chi connectivity index (χ4v) is 1.41. The van der Waals surface area contributed by atoms with Gasteiger partial charge in [-0.05, 0) is 23.6 Å². The van der Waals surface area contributed by atoms with Gasteiger partial charge in [0, 0.05) is 4.88 Å². The summed E-state index contributed by atoms with van der Waals surface area (Å²) in [5.74, 6) is 0.0957. The molecule has 0 bridgehead atoms. The zero-order chi connectivity index (χ0) is 8.10. The Morgan fingerprint density at radius 2 is 2.55 bits per heavy atom. The fraction of sp³-hybridized carbons (Fsp3) is 0.125. The van der Waals surface area contributed by atoms with E-state index >= 15 is 0 Å². The highest BCUT2D eigenvalue weighted by Gasteiger charge is 1.91. The van der Waals surface area contributed by atoms with Crippen LogP contribution >= 0.6 is 27.3 Å². The molecule has 0 aliphatic heterocycles. The van der Waals surface area contributed by atoms with Crippen molar-refractivity contribution < 1.29 is 4.79 Å². The topological polar surface area (TPSA) is 17.1 Å². The molecule has 58 valence electrons. The van der Waals surface area contributed by atoms with Crippen LogP contribution in [0.2, 0.25) is 0 Å². The molecule has 1 nitrogen and oxygen atoms in total. The van der Waals surface area contributed by atoms with E-state index in [1.807, 2.05) is 23.6 Å². The van der Waals surface area contributed by atoms with E-state index in [4.69, 9.17) is 0 Å². The van der Waals surface area contributed by atoms with E-state index in [1.165, 1.54) is 0 Å². The van der Waals surface area contributed by atoms with Crippen molar-refractivity contribution in [2.45, 2.75) is 0 Å². The summed E-state index contributed by atoms with van der Waals surface area (Å²) >= 11 is 4.70. The predicted molar refractivity (Wildman–Crippen MR) is 52.2 cm³/mol. The summed E-state index contributed by atoms with van der Waals surface area (Å²) in [4.78, 5) is 11.9. The molecule has 11 heavy (non-hydrogen) atoms. The molecule has 0 aliphatic carbocycles. The maximum absolute atomic E-state index is 10.8. The van der Waals surface area contributed by atoms with Crippen LogP contribution in [-0.2, 0) is 4.79 Å². The van der Waals surface area contributed by atoms with Gasteiger partial charge in [-0.15, -0.1) is 11.3 Å². The second-order valence-electron chi connectivity index (χ2n) is 1.95. The molecule has 0 aromatic carbocycles. The van der Waals surface area contributed by atoms with E-state index in [1.54, 1.807) is 17.4 Å². The van der Waals surface area contributed by atoms with Crippen LogP contribution in [0.25, 0.3) is 6.08 Å². The predicted octanol–water partition coefficient (Wildman–Crippen LogP) is 2.73. The Morgan fingerprint density at radius 3 is 3.09 bits per heavy atom. The van der Waals surface area contributed by atoms with E-state index in [2.05, 4.69) is 15.9 Å². The Hall–Kier alpha value is -0.410. The number of thiophene rings is 1. The van der Waals surface area contributed by atoms with Crippen LogP contribution < -0.4 is 0 Å². The van der Waals surface area contributed by atoms with Crippen molar-refractivity contribution >= 4 is 39.1 Å². The van der Waals surface area contributed by atoms with Gasteiger partial charge in [-0.25, -0.2) is 0 Å². The third kappa shape index (κ3) is 2.99. The first-order valence-corrected chi connectivity index (χ1v) is 5.13. The van der Waals surface area contributed by atoms with Crippen LogP contribution in [0.3, 0.4) is 0 Å². The lowest BCUT2D eigenvalue weighted by Crippen LogP contribution is -1.90. The SMILES string of the molecule is O=C(/C=C/c1cccs1)CBr. The van der Waals surface area contributed by atoms with Crippen LogP contribution in [0.1, 0.15) is 4.88 Å². The molecule has 0 aliphatic rings. The molecule has 0 N–H and O–H groups in total. The van der Waals surface area contributed by atoms with Crippen LogP contribution in [0.15, 0.2) is 23.6 Å². The van der Waals surface area contributed by atoms with Crippen LogP contribution in [0.4, 0.5) is 0 Å². The minimum absolute atomic E-state index is 0.0957. The van der Waals surface area contributed by atoms with Gasteiger partial charge < -0.3 is 0 Å². The second-order valence-corrected chi connectivity index (χ2v) is 3.49. The number of carbonyl (C=O) groups excluding carboxylic acids is 1. The monoisotopic (exact) mass is 230 g/mol. The lowest BCUT2D eigenvalue weighted by Gasteiger charge is -1.82. The normalized spacial score (nSPS) is 10.6. The molecule has 1 rings (SSSR count). The lowest BCUT2D eigenvalue weighted by molar-refractivity contribution is -0.112. The quantitative estimate of drug-likeness (QED) is 0.577. The van der Waals surface area contributed by atoms with Crippen LogP contribution in [0, 0.1) is 0 Å². The molecule has 1 aromatic rings. The Bertz CT molecular complexity index is 251. The molecule has 0 radical (unpaired) electrons. The third-order valence-electron chi connectivity index (χ3n) is 1.11. The van der Waals surface area contributed by atoms with Gasteiger partial charge in [0.2, 0.25) is 0 Å². The van der Waals surface area contributed by atoms with Crippen molar-refractivity contribution in [2.75, 3.05) is 5.33 Å². The second kappa shape index (κ2) is 4.46. The molecule has 0 fully saturated rings. The van der Waals surface area contributed by atoms with Gasteiger partial charge in [0.25, 0.3) is 0 Å². The first-order chi connectivity index (χ1) is 5.33. The van der Waals surface area contributed by atoms with Gasteiger partial charge in [-0.1, -0.05) is 22.0 Å². The van der Waals surface area contributed by atoms with Crippen molar-refractivity contribution in [1.29, 1.82) is 0 Å². The average Bonchev–Trinajstić information content (AvgIpc) is 2.52. The Kier molecular flexibility index (Phi) is 3.52. The fourth-order valence-electron chi connectivity index (χ4n) is 0.606. The summed E-state index contributed by atoms with van der Waals surface area (Å²) in [7, 11) is 0. The van der Waals surface area contributed by atoms with E-state index < -0.39 is 0 Å². The van der Waals surface area contributed by atoms with Crippen LogP contribution in [-0.4, -0.2) is 11.1 Å². The third-order valence-corrected chi connectivity index (χ3v) is 2.50. The molecule has 3 heteroatoms. The average molecular weight is 231 g/mol. The molecule has 1 heterocycles. The maximum atomic E-state index is 10.8. The molecule has 0 amide bonds. The summed E-state index contributed by atoms with van der Waals surface area (Å²) < 4.78 is 0. The van der Waals surface area contributed by atoms with E-state index in [0.717, 1.165) is 4.88 Å². The smallest absolute Gasteiger partial charge is 0.166 e. The number of allylic oxidation sites excluding steroid dienone is 1. The van der Waals surface area contributed by atoms with Gasteiger partial charge in [0.05, 0.1) is 5.33 Å². The van der Waals surface area contributed by atoms with E-state index in [9.17, 15) is 4.79 Å². The summed E-state index contributed by atoms with van der Waals surface area (Å²) in [6, 6.07) is 3.94. The van der Waals surface area contributed by atoms with Gasteiger partial charge in [0.15, 0.2) is 5.78 Å². The van der Waals surface area contributed by atoms with E-state index in [0.29, 0.717) is 5.33 Å². The van der Waals surface area contributed by atoms with Crippen molar-refractivity contribution in [3.8, 4) is 0 Å². The summed E-state index contributed by atoms with van der Waals surface area (Å²) in [5, 5.41) is 2.38. The number of alkyl halides is 1. The van der Waals surface area contributed by atoms with Crippen LogP contribution in [0.5, 0.6) is 0 Å². The maximum Gasteiger partial charge on any atom is 0.166 e. The molecule has 1 aromatic heterocycles. The zero-order valence-corrected chi connectivity index (χ0v) is 8.19. The van der Waals surface area contributed by atoms with Crippen molar-refractivity contribution in [3.05, 3.63) is 28.5 Å². The van der Waals surface area contributed by atoms with Gasteiger partial charge in [0.1, 0.15) is 0 Å². The lowest BCUT2D eigenvalue weighted by atomic mass is 10.3. The highest BCUT2D eigenvalue weighted by molar-refractivity contribution is 9.09. The molecular weight excluding hydrogens is 224 g/mol. The number of hydrogen-bond donors (Lipinski definition) is 0. The number of hydrogen-bond acceptors (Lipinski definition) is 2. The largest absolute Gasteiger partial charge is 0.294 e. The molecule has 0 saturated carbocycles. The standard InChI is InChI=1S/C8H7BrOS/c9-6-7(10)3-4-8-2-1-5-11-8/h1-5H,6H2/b4-3+. The summed E-state index contributed by atoms with van der Waals surface area (Å²) in [5.41, 5.74) is 0. The summed E-state index contributed by atoms with van der Waals surface area (Å²) in [6.45, 7) is 0. The highest BCUT2D eigenvalue weighted by Crippen LogP contribution is 2.09.